The molecule has 2 atom stereocenters. The second-order valence-electron chi connectivity index (χ2n) is 0.956. The molecule has 0 saturated carbocycles. The van der Waals surface area contributed by atoms with Crippen molar-refractivity contribution < 1.29 is 22.4 Å². The van der Waals surface area contributed by atoms with Crippen LogP contribution in [-0.2, 0) is 13.6 Å². The maximum absolute atomic E-state index is 11.7. The molecule has 0 aliphatic carbocycles. The third-order valence-corrected chi connectivity index (χ3v) is 2.00. The van der Waals surface area contributed by atoms with E-state index in [1.165, 1.54) is 0 Å². The largest absolute Gasteiger partial charge is 0.705 e. The Bertz CT molecular complexity index is 109. The number of hydrogen-bond donors (Lipinski definition) is 0. The SMILES string of the molecule is O=[P+](OC(F)Br)OC(F)Br. The fourth-order valence-corrected chi connectivity index (χ4v) is 1.28. The summed E-state index contributed by atoms with van der Waals surface area (Å²) in [6.07, 6.45) is 0. The van der Waals surface area contributed by atoms with Gasteiger partial charge in [-0.25, -0.2) is 0 Å². The molecule has 0 spiro atoms. The monoisotopic (exact) mass is 301 g/mol. The Morgan fingerprint density at radius 1 is 1.20 bits per heavy atom. The number of rotatable bonds is 4. The predicted molar refractivity (Wildman–Crippen MR) is 37.4 cm³/mol. The van der Waals surface area contributed by atoms with E-state index in [9.17, 15) is 13.3 Å². The first-order valence-electron chi connectivity index (χ1n) is 1.89. The summed E-state index contributed by atoms with van der Waals surface area (Å²) in [7, 11) is -2.75. The quantitative estimate of drug-likeness (QED) is 0.591. The second-order valence-corrected chi connectivity index (χ2v) is 3.26. The lowest BCUT2D eigenvalue weighted by molar-refractivity contribution is 0.0989. The Balaban J connectivity index is 3.44. The smallest absolute Gasteiger partial charge is 0.198 e. The minimum Gasteiger partial charge on any atom is -0.198 e. The lowest BCUT2D eigenvalue weighted by Gasteiger charge is -1.88. The number of hydrogen-bond acceptors (Lipinski definition) is 3. The van der Waals surface area contributed by atoms with Gasteiger partial charge >= 0.3 is 18.8 Å². The molecule has 0 heterocycles. The number of alkyl halides is 4. The van der Waals surface area contributed by atoms with Gasteiger partial charge in [-0.3, -0.25) is 0 Å². The third kappa shape index (κ3) is 6.95. The lowest BCUT2D eigenvalue weighted by Crippen LogP contribution is -1.93. The maximum atomic E-state index is 11.7. The van der Waals surface area contributed by atoms with Crippen molar-refractivity contribution in [3.63, 3.8) is 0 Å². The van der Waals surface area contributed by atoms with E-state index in [4.69, 9.17) is 0 Å². The Kier molecular flexibility index (Phi) is 5.95. The summed E-state index contributed by atoms with van der Waals surface area (Å²) in [5.41, 5.74) is 0. The fraction of sp³-hybridized carbons (Fsp3) is 1.00. The molecule has 0 aromatic rings. The van der Waals surface area contributed by atoms with Crippen molar-refractivity contribution in [2.24, 2.45) is 0 Å². The molecular formula is C2H2Br2F2O3P+. The van der Waals surface area contributed by atoms with Crippen LogP contribution in [0.5, 0.6) is 0 Å². The average Bonchev–Trinajstić information content (AvgIpc) is 1.58. The van der Waals surface area contributed by atoms with Crippen molar-refractivity contribution in [3.8, 4) is 0 Å². The van der Waals surface area contributed by atoms with Gasteiger partial charge < -0.3 is 0 Å². The summed E-state index contributed by atoms with van der Waals surface area (Å²) in [4.78, 5) is 0. The average molecular weight is 303 g/mol. The van der Waals surface area contributed by atoms with Crippen LogP contribution in [0.2, 0.25) is 0 Å². The van der Waals surface area contributed by atoms with Gasteiger partial charge in [-0.15, -0.1) is 0 Å². The van der Waals surface area contributed by atoms with Gasteiger partial charge in [0.25, 0.3) is 0 Å². The second kappa shape index (κ2) is 5.49. The van der Waals surface area contributed by atoms with E-state index in [1.807, 2.05) is 0 Å². The first-order valence-corrected chi connectivity index (χ1v) is 4.82. The zero-order valence-corrected chi connectivity index (χ0v) is 8.40. The zero-order chi connectivity index (χ0) is 8.15. The highest BCUT2D eigenvalue weighted by Gasteiger charge is 2.29. The molecule has 0 aliphatic heterocycles. The van der Waals surface area contributed by atoms with Crippen LogP contribution in [0.25, 0.3) is 0 Å². The van der Waals surface area contributed by atoms with E-state index in [1.54, 1.807) is 0 Å². The van der Waals surface area contributed by atoms with Crippen molar-refractivity contribution in [2.75, 3.05) is 0 Å². The zero-order valence-electron chi connectivity index (χ0n) is 4.34. The molecule has 8 heteroatoms. The van der Waals surface area contributed by atoms with Crippen LogP contribution in [0.4, 0.5) is 8.78 Å². The van der Waals surface area contributed by atoms with Gasteiger partial charge in [-0.1, -0.05) is 9.05 Å². The summed E-state index contributed by atoms with van der Waals surface area (Å²) in [5, 5.41) is -3.83. The van der Waals surface area contributed by atoms with Gasteiger partial charge in [0.15, 0.2) is 0 Å². The molecule has 2 unspecified atom stereocenters. The van der Waals surface area contributed by atoms with Crippen LogP contribution < -0.4 is 0 Å². The van der Waals surface area contributed by atoms with E-state index in [2.05, 4.69) is 40.9 Å². The molecule has 0 radical (unpaired) electrons. The van der Waals surface area contributed by atoms with Crippen LogP contribution in [0, 0.1) is 0 Å². The molecule has 0 saturated heterocycles. The van der Waals surface area contributed by atoms with Crippen LogP contribution in [0.3, 0.4) is 0 Å². The van der Waals surface area contributed by atoms with Gasteiger partial charge in [0.1, 0.15) is 0 Å². The summed E-state index contributed by atoms with van der Waals surface area (Å²) in [6.45, 7) is 0. The first kappa shape index (κ1) is 10.8. The van der Waals surface area contributed by atoms with Crippen LogP contribution >= 0.6 is 40.1 Å². The molecular weight excluding hydrogens is 301 g/mol. The van der Waals surface area contributed by atoms with Crippen molar-refractivity contribution in [1.29, 1.82) is 0 Å². The number of halogens is 4. The standard InChI is InChI=1S/C2H2Br2F2O3P/c3-1(5)8-10(7)9-2(4)6/h1-2H/q+1. The lowest BCUT2D eigenvalue weighted by atomic mass is 11.6. The van der Waals surface area contributed by atoms with Gasteiger partial charge in [-0.05, 0) is 31.9 Å². The molecule has 0 aromatic carbocycles. The Labute approximate surface area is 73.3 Å². The molecule has 0 fully saturated rings. The summed E-state index contributed by atoms with van der Waals surface area (Å²) >= 11 is 4.55. The summed E-state index contributed by atoms with van der Waals surface area (Å²) in [6, 6.07) is 0. The minimum absolute atomic E-state index is 1.91. The minimum atomic E-state index is -2.75. The van der Waals surface area contributed by atoms with Crippen molar-refractivity contribution in [1.82, 2.24) is 0 Å². The van der Waals surface area contributed by atoms with E-state index in [0.717, 1.165) is 0 Å². The van der Waals surface area contributed by atoms with Gasteiger partial charge in [0.05, 0.1) is 0 Å². The highest BCUT2D eigenvalue weighted by molar-refractivity contribution is 9.09. The predicted octanol–water partition coefficient (Wildman–Crippen LogP) is 2.97. The Hall–Kier alpha value is 0.840. The van der Waals surface area contributed by atoms with Crippen molar-refractivity contribution in [3.05, 3.63) is 0 Å². The van der Waals surface area contributed by atoms with Crippen molar-refractivity contribution >= 4 is 40.1 Å². The highest BCUT2D eigenvalue weighted by atomic mass is 79.9. The first-order chi connectivity index (χ1) is 4.52. The molecule has 0 aliphatic rings. The molecule has 10 heavy (non-hydrogen) atoms. The molecule has 0 N–H and O–H groups in total. The Morgan fingerprint density at radius 2 is 1.50 bits per heavy atom. The van der Waals surface area contributed by atoms with Gasteiger partial charge in [-0.2, -0.15) is 8.78 Å². The normalized spacial score (nSPS) is 18.2. The topological polar surface area (TPSA) is 35.5 Å². The fourth-order valence-electron chi connectivity index (χ4n) is 0.155. The van der Waals surface area contributed by atoms with E-state index in [0.29, 0.717) is 0 Å². The molecule has 60 valence electrons. The van der Waals surface area contributed by atoms with Crippen molar-refractivity contribution in [2.45, 2.75) is 10.5 Å². The third-order valence-electron chi connectivity index (χ3n) is 0.331. The molecule has 3 nitrogen and oxygen atoms in total. The molecule has 0 aromatic heterocycles. The van der Waals surface area contributed by atoms with E-state index >= 15 is 0 Å². The maximum Gasteiger partial charge on any atom is 0.705 e. The van der Waals surface area contributed by atoms with Crippen LogP contribution in [0.15, 0.2) is 0 Å². The summed E-state index contributed by atoms with van der Waals surface area (Å²) in [5.74, 6) is 0. The Morgan fingerprint density at radius 3 is 1.70 bits per heavy atom. The highest BCUT2D eigenvalue weighted by Crippen LogP contribution is 2.31. The summed E-state index contributed by atoms with van der Waals surface area (Å²) < 4.78 is 41.3. The van der Waals surface area contributed by atoms with E-state index < -0.39 is 18.8 Å². The molecule has 0 amide bonds. The van der Waals surface area contributed by atoms with Gasteiger partial charge in [0.2, 0.25) is 0 Å². The molecule has 0 bridgehead atoms. The van der Waals surface area contributed by atoms with Crippen LogP contribution in [0.1, 0.15) is 0 Å². The molecule has 0 rings (SSSR count). The van der Waals surface area contributed by atoms with E-state index in [-0.39, 0.29) is 0 Å². The van der Waals surface area contributed by atoms with Crippen LogP contribution in [-0.4, -0.2) is 10.5 Å². The van der Waals surface area contributed by atoms with Gasteiger partial charge in [0, 0.05) is 4.57 Å².